The molecule has 0 saturated heterocycles. The molecule has 1 heterocycles. The lowest BCUT2D eigenvalue weighted by atomic mass is 10.1. The normalized spacial score (nSPS) is 10.2. The number of furan rings is 1. The van der Waals surface area contributed by atoms with Crippen molar-refractivity contribution < 1.29 is 9.21 Å². The average Bonchev–Trinajstić information content (AvgIpc) is 2.71. The van der Waals surface area contributed by atoms with Crippen molar-refractivity contribution in [2.45, 2.75) is 26.3 Å². The molecule has 0 atom stereocenters. The molecule has 2 rings (SSSR count). The van der Waals surface area contributed by atoms with Gasteiger partial charge in [0, 0.05) is 17.4 Å². The molecule has 0 bridgehead atoms. The SMILES string of the molecule is Cc1c(CNC(=O)CCCN)oc2ccccc12.Cl. The molecule has 0 spiro atoms. The van der Waals surface area contributed by atoms with Crippen molar-refractivity contribution >= 4 is 29.3 Å². The molecule has 0 saturated carbocycles. The van der Waals surface area contributed by atoms with Crippen LogP contribution in [-0.2, 0) is 11.3 Å². The number of para-hydroxylation sites is 1. The van der Waals surface area contributed by atoms with Crippen molar-refractivity contribution in [1.29, 1.82) is 0 Å². The Balaban J connectivity index is 0.00000180. The van der Waals surface area contributed by atoms with Crippen LogP contribution in [0.1, 0.15) is 24.2 Å². The van der Waals surface area contributed by atoms with E-state index in [2.05, 4.69) is 5.32 Å². The van der Waals surface area contributed by atoms with Crippen LogP contribution >= 0.6 is 12.4 Å². The van der Waals surface area contributed by atoms with Crippen LogP contribution in [0.3, 0.4) is 0 Å². The number of rotatable bonds is 5. The van der Waals surface area contributed by atoms with E-state index in [1.807, 2.05) is 31.2 Å². The van der Waals surface area contributed by atoms with Crippen LogP contribution in [0.15, 0.2) is 28.7 Å². The van der Waals surface area contributed by atoms with E-state index in [1.54, 1.807) is 0 Å². The molecule has 2 aromatic rings. The van der Waals surface area contributed by atoms with Gasteiger partial charge in [0.05, 0.1) is 6.54 Å². The minimum atomic E-state index is 0. The fourth-order valence-corrected chi connectivity index (χ4v) is 1.92. The van der Waals surface area contributed by atoms with Crippen molar-refractivity contribution in [1.82, 2.24) is 5.32 Å². The molecule has 1 aromatic carbocycles. The van der Waals surface area contributed by atoms with Gasteiger partial charge < -0.3 is 15.5 Å². The van der Waals surface area contributed by atoms with Gasteiger partial charge >= 0.3 is 0 Å². The maximum absolute atomic E-state index is 11.5. The molecule has 0 aliphatic rings. The number of fused-ring (bicyclic) bond motifs is 1. The first kappa shape index (κ1) is 15.5. The molecule has 0 unspecified atom stereocenters. The highest BCUT2D eigenvalue weighted by Crippen LogP contribution is 2.24. The largest absolute Gasteiger partial charge is 0.459 e. The summed E-state index contributed by atoms with van der Waals surface area (Å²) >= 11 is 0. The van der Waals surface area contributed by atoms with Crippen molar-refractivity contribution in [3.05, 3.63) is 35.6 Å². The highest BCUT2D eigenvalue weighted by atomic mass is 35.5. The Bertz CT molecular complexity index is 551. The molecule has 0 aliphatic heterocycles. The van der Waals surface area contributed by atoms with Crippen molar-refractivity contribution in [2.24, 2.45) is 5.73 Å². The van der Waals surface area contributed by atoms with Crippen LogP contribution in [0, 0.1) is 6.92 Å². The minimum absolute atomic E-state index is 0. The summed E-state index contributed by atoms with van der Waals surface area (Å²) in [5.74, 6) is 0.831. The number of amides is 1. The monoisotopic (exact) mass is 282 g/mol. The van der Waals surface area contributed by atoms with E-state index in [9.17, 15) is 4.79 Å². The van der Waals surface area contributed by atoms with Gasteiger partial charge in [-0.2, -0.15) is 0 Å². The third-order valence-corrected chi connectivity index (χ3v) is 3.00. The van der Waals surface area contributed by atoms with Gasteiger partial charge in [-0.1, -0.05) is 18.2 Å². The maximum Gasteiger partial charge on any atom is 0.220 e. The zero-order valence-electron chi connectivity index (χ0n) is 10.9. The summed E-state index contributed by atoms with van der Waals surface area (Å²) in [5, 5.41) is 3.95. The molecular weight excluding hydrogens is 264 g/mol. The molecule has 1 amide bonds. The number of hydrogen-bond acceptors (Lipinski definition) is 3. The van der Waals surface area contributed by atoms with E-state index in [0.717, 1.165) is 22.3 Å². The van der Waals surface area contributed by atoms with Gasteiger partial charge in [0.15, 0.2) is 0 Å². The van der Waals surface area contributed by atoms with Crippen LogP contribution in [-0.4, -0.2) is 12.5 Å². The number of nitrogens with one attached hydrogen (secondary N) is 1. The van der Waals surface area contributed by atoms with Gasteiger partial charge in [0.2, 0.25) is 5.91 Å². The molecule has 5 heteroatoms. The summed E-state index contributed by atoms with van der Waals surface area (Å²) < 4.78 is 5.71. The Morgan fingerprint density at radius 3 is 2.79 bits per heavy atom. The van der Waals surface area contributed by atoms with Gasteiger partial charge in [-0.05, 0) is 26.0 Å². The quantitative estimate of drug-likeness (QED) is 0.885. The predicted molar refractivity (Wildman–Crippen MR) is 78.3 cm³/mol. The summed E-state index contributed by atoms with van der Waals surface area (Å²) in [6.45, 7) is 2.98. The molecule has 19 heavy (non-hydrogen) atoms. The molecule has 0 radical (unpaired) electrons. The van der Waals surface area contributed by atoms with E-state index in [0.29, 0.717) is 25.9 Å². The standard InChI is InChI=1S/C14H18N2O2.ClH/c1-10-11-5-2-3-6-12(11)18-13(10)9-16-14(17)7-4-8-15;/h2-3,5-6H,4,7-9,15H2,1H3,(H,16,17);1H. The second kappa shape index (κ2) is 7.16. The second-order valence-corrected chi connectivity index (χ2v) is 4.32. The Kier molecular flexibility index (Phi) is 5.86. The van der Waals surface area contributed by atoms with E-state index in [-0.39, 0.29) is 18.3 Å². The molecule has 0 fully saturated rings. The second-order valence-electron chi connectivity index (χ2n) is 4.32. The van der Waals surface area contributed by atoms with Crippen LogP contribution in [0.4, 0.5) is 0 Å². The number of halogens is 1. The van der Waals surface area contributed by atoms with Crippen LogP contribution in [0.25, 0.3) is 11.0 Å². The average molecular weight is 283 g/mol. The van der Waals surface area contributed by atoms with Crippen LogP contribution < -0.4 is 11.1 Å². The van der Waals surface area contributed by atoms with Crippen molar-refractivity contribution in [3.63, 3.8) is 0 Å². The molecule has 104 valence electrons. The third-order valence-electron chi connectivity index (χ3n) is 3.00. The van der Waals surface area contributed by atoms with E-state index in [1.165, 1.54) is 0 Å². The van der Waals surface area contributed by atoms with Gasteiger partial charge in [0.1, 0.15) is 11.3 Å². The van der Waals surface area contributed by atoms with E-state index >= 15 is 0 Å². The van der Waals surface area contributed by atoms with Crippen LogP contribution in [0.5, 0.6) is 0 Å². The van der Waals surface area contributed by atoms with Gasteiger partial charge in [-0.15, -0.1) is 12.4 Å². The summed E-state index contributed by atoms with van der Waals surface area (Å²) in [4.78, 5) is 11.5. The molecular formula is C14H19ClN2O2. The van der Waals surface area contributed by atoms with Crippen molar-refractivity contribution in [2.75, 3.05) is 6.54 Å². The highest BCUT2D eigenvalue weighted by Gasteiger charge is 2.10. The van der Waals surface area contributed by atoms with Gasteiger partial charge in [0.25, 0.3) is 0 Å². The predicted octanol–water partition coefficient (Wildman–Crippen LogP) is 2.52. The lowest BCUT2D eigenvalue weighted by Crippen LogP contribution is -2.23. The third kappa shape index (κ3) is 3.72. The maximum atomic E-state index is 11.5. The molecule has 3 N–H and O–H groups in total. The zero-order chi connectivity index (χ0) is 13.0. The number of aryl methyl sites for hydroxylation is 1. The number of benzene rings is 1. The van der Waals surface area contributed by atoms with E-state index < -0.39 is 0 Å². The van der Waals surface area contributed by atoms with E-state index in [4.69, 9.17) is 10.2 Å². The molecule has 0 aliphatic carbocycles. The zero-order valence-corrected chi connectivity index (χ0v) is 11.8. The smallest absolute Gasteiger partial charge is 0.220 e. The number of nitrogens with two attached hydrogens (primary N) is 1. The van der Waals surface area contributed by atoms with Gasteiger partial charge in [-0.25, -0.2) is 0 Å². The van der Waals surface area contributed by atoms with Crippen LogP contribution in [0.2, 0.25) is 0 Å². The Hall–Kier alpha value is -1.52. The topological polar surface area (TPSA) is 68.3 Å². The summed E-state index contributed by atoms with van der Waals surface area (Å²) in [6.07, 6.45) is 1.18. The lowest BCUT2D eigenvalue weighted by Gasteiger charge is -2.03. The number of carbonyl (C=O) groups excluding carboxylic acids is 1. The van der Waals surface area contributed by atoms with Gasteiger partial charge in [-0.3, -0.25) is 4.79 Å². The summed E-state index contributed by atoms with van der Waals surface area (Å²) in [5.41, 5.74) is 7.31. The Morgan fingerprint density at radius 1 is 1.37 bits per heavy atom. The summed E-state index contributed by atoms with van der Waals surface area (Å²) in [7, 11) is 0. The Labute approximate surface area is 118 Å². The minimum Gasteiger partial charge on any atom is -0.459 e. The molecule has 4 nitrogen and oxygen atoms in total. The number of carbonyl (C=O) groups is 1. The molecule has 1 aromatic heterocycles. The fraction of sp³-hybridized carbons (Fsp3) is 0.357. The first-order chi connectivity index (χ1) is 8.72. The lowest BCUT2D eigenvalue weighted by molar-refractivity contribution is -0.121. The number of hydrogen-bond donors (Lipinski definition) is 2. The Morgan fingerprint density at radius 2 is 2.11 bits per heavy atom. The van der Waals surface area contributed by atoms with Crippen molar-refractivity contribution in [3.8, 4) is 0 Å². The first-order valence-electron chi connectivity index (χ1n) is 6.16. The summed E-state index contributed by atoms with van der Waals surface area (Å²) in [6, 6.07) is 7.87. The fourth-order valence-electron chi connectivity index (χ4n) is 1.92. The highest BCUT2D eigenvalue weighted by molar-refractivity contribution is 5.85. The first-order valence-corrected chi connectivity index (χ1v) is 6.16.